The predicted molar refractivity (Wildman–Crippen MR) is 54.6 cm³/mol. The lowest BCUT2D eigenvalue weighted by molar-refractivity contribution is 0.191. The molecule has 1 aromatic rings. The van der Waals surface area contributed by atoms with Gasteiger partial charge in [-0.25, -0.2) is 0 Å². The Kier molecular flexibility index (Phi) is 3.93. The number of hydrogen-bond acceptors (Lipinski definition) is 2. The van der Waals surface area contributed by atoms with Crippen molar-refractivity contribution in [2.45, 2.75) is 26.5 Å². The van der Waals surface area contributed by atoms with Crippen LogP contribution in [0, 0.1) is 6.92 Å². The largest absolute Gasteiger partial charge is 0.392 e. The normalized spacial score (nSPS) is 12.8. The average molecular weight is 179 g/mol. The topological polar surface area (TPSA) is 32.3 Å². The van der Waals surface area contributed by atoms with E-state index in [0.29, 0.717) is 6.54 Å². The van der Waals surface area contributed by atoms with Crippen LogP contribution in [0.15, 0.2) is 24.3 Å². The molecule has 0 heterocycles. The van der Waals surface area contributed by atoms with E-state index < -0.39 is 0 Å². The molecule has 0 saturated heterocycles. The first kappa shape index (κ1) is 10.2. The van der Waals surface area contributed by atoms with Gasteiger partial charge in [-0.1, -0.05) is 24.3 Å². The van der Waals surface area contributed by atoms with Crippen LogP contribution in [0.2, 0.25) is 0 Å². The zero-order chi connectivity index (χ0) is 9.68. The van der Waals surface area contributed by atoms with Gasteiger partial charge in [0.15, 0.2) is 0 Å². The summed E-state index contributed by atoms with van der Waals surface area (Å²) < 4.78 is 0. The summed E-state index contributed by atoms with van der Waals surface area (Å²) in [5.74, 6) is 0. The zero-order valence-electron chi connectivity index (χ0n) is 8.25. The summed E-state index contributed by atoms with van der Waals surface area (Å²) in [5.41, 5.74) is 2.59. The number of nitrogens with one attached hydrogen (secondary N) is 1. The molecule has 0 bridgehead atoms. The number of aryl methyl sites for hydroxylation is 1. The molecule has 0 aliphatic rings. The van der Waals surface area contributed by atoms with Gasteiger partial charge in [0, 0.05) is 13.1 Å². The van der Waals surface area contributed by atoms with Gasteiger partial charge in [0.1, 0.15) is 0 Å². The molecule has 0 saturated carbocycles. The maximum absolute atomic E-state index is 9.04. The van der Waals surface area contributed by atoms with E-state index in [2.05, 4.69) is 24.4 Å². The van der Waals surface area contributed by atoms with E-state index in [4.69, 9.17) is 5.11 Å². The molecule has 0 aliphatic carbocycles. The average Bonchev–Trinajstić information content (AvgIpc) is 2.08. The Balaban J connectivity index is 2.41. The molecule has 0 aromatic heterocycles. The highest BCUT2D eigenvalue weighted by atomic mass is 16.3. The second kappa shape index (κ2) is 5.00. The third-order valence-corrected chi connectivity index (χ3v) is 2.02. The maximum Gasteiger partial charge on any atom is 0.0636 e. The van der Waals surface area contributed by atoms with Crippen molar-refractivity contribution in [3.63, 3.8) is 0 Å². The summed E-state index contributed by atoms with van der Waals surface area (Å²) in [7, 11) is 0. The van der Waals surface area contributed by atoms with Crippen LogP contribution < -0.4 is 5.32 Å². The molecule has 0 spiro atoms. The van der Waals surface area contributed by atoms with Gasteiger partial charge in [-0.05, 0) is 25.0 Å². The Morgan fingerprint density at radius 1 is 1.38 bits per heavy atom. The molecule has 0 fully saturated rings. The third kappa shape index (κ3) is 3.57. The van der Waals surface area contributed by atoms with Crippen molar-refractivity contribution in [2.24, 2.45) is 0 Å². The molecule has 1 atom stereocenters. The molecule has 1 rings (SSSR count). The van der Waals surface area contributed by atoms with Gasteiger partial charge in [-0.3, -0.25) is 0 Å². The van der Waals surface area contributed by atoms with Gasteiger partial charge in [0.25, 0.3) is 0 Å². The van der Waals surface area contributed by atoms with Crippen LogP contribution in [0.1, 0.15) is 18.1 Å². The van der Waals surface area contributed by atoms with Crippen LogP contribution >= 0.6 is 0 Å². The summed E-state index contributed by atoms with van der Waals surface area (Å²) in [6.07, 6.45) is -0.274. The van der Waals surface area contributed by atoms with Crippen molar-refractivity contribution in [2.75, 3.05) is 6.54 Å². The number of aliphatic hydroxyl groups excluding tert-OH is 1. The van der Waals surface area contributed by atoms with Crippen molar-refractivity contribution in [3.8, 4) is 0 Å². The van der Waals surface area contributed by atoms with Crippen LogP contribution in [-0.4, -0.2) is 17.8 Å². The first-order chi connectivity index (χ1) is 6.20. The fraction of sp³-hybridized carbons (Fsp3) is 0.455. The van der Waals surface area contributed by atoms with Crippen molar-refractivity contribution in [3.05, 3.63) is 35.4 Å². The second-order valence-electron chi connectivity index (χ2n) is 3.41. The summed E-state index contributed by atoms with van der Waals surface area (Å²) in [6.45, 7) is 5.36. The Bertz CT molecular complexity index is 258. The van der Waals surface area contributed by atoms with Gasteiger partial charge in [-0.15, -0.1) is 0 Å². The lowest BCUT2D eigenvalue weighted by Crippen LogP contribution is -2.24. The van der Waals surface area contributed by atoms with Gasteiger partial charge >= 0.3 is 0 Å². The second-order valence-corrected chi connectivity index (χ2v) is 3.41. The summed E-state index contributed by atoms with van der Waals surface area (Å²) in [6, 6.07) is 8.27. The van der Waals surface area contributed by atoms with Crippen LogP contribution in [-0.2, 0) is 6.54 Å². The van der Waals surface area contributed by atoms with Crippen molar-refractivity contribution >= 4 is 0 Å². The Hall–Kier alpha value is -0.860. The minimum atomic E-state index is -0.274. The van der Waals surface area contributed by atoms with Gasteiger partial charge in [0.05, 0.1) is 6.10 Å². The third-order valence-electron chi connectivity index (χ3n) is 2.02. The monoisotopic (exact) mass is 179 g/mol. The Labute approximate surface area is 79.6 Å². The highest BCUT2D eigenvalue weighted by molar-refractivity contribution is 5.25. The molecule has 72 valence electrons. The smallest absolute Gasteiger partial charge is 0.0636 e. The van der Waals surface area contributed by atoms with Gasteiger partial charge in [0.2, 0.25) is 0 Å². The van der Waals surface area contributed by atoms with Gasteiger partial charge < -0.3 is 10.4 Å². The zero-order valence-corrected chi connectivity index (χ0v) is 8.25. The lowest BCUT2D eigenvalue weighted by atomic mass is 10.1. The molecular weight excluding hydrogens is 162 g/mol. The van der Waals surface area contributed by atoms with E-state index >= 15 is 0 Å². The highest BCUT2D eigenvalue weighted by Crippen LogP contribution is 2.05. The Morgan fingerprint density at radius 2 is 2.08 bits per heavy atom. The first-order valence-electron chi connectivity index (χ1n) is 4.63. The minimum absolute atomic E-state index is 0.274. The SMILES string of the molecule is Cc1ccccc1CNC[C@@H](C)O. The number of aliphatic hydroxyl groups is 1. The van der Waals surface area contributed by atoms with E-state index in [9.17, 15) is 0 Å². The van der Waals surface area contributed by atoms with Crippen LogP contribution in [0.25, 0.3) is 0 Å². The van der Waals surface area contributed by atoms with E-state index in [0.717, 1.165) is 6.54 Å². The minimum Gasteiger partial charge on any atom is -0.392 e. The molecule has 0 radical (unpaired) electrons. The highest BCUT2D eigenvalue weighted by Gasteiger charge is 1.97. The quantitative estimate of drug-likeness (QED) is 0.733. The molecule has 13 heavy (non-hydrogen) atoms. The van der Waals surface area contributed by atoms with E-state index in [1.54, 1.807) is 6.92 Å². The van der Waals surface area contributed by atoms with E-state index in [1.165, 1.54) is 11.1 Å². The lowest BCUT2D eigenvalue weighted by Gasteiger charge is -2.08. The molecule has 2 heteroatoms. The summed E-state index contributed by atoms with van der Waals surface area (Å²) >= 11 is 0. The molecule has 1 aromatic carbocycles. The van der Waals surface area contributed by atoms with Crippen molar-refractivity contribution in [1.29, 1.82) is 0 Å². The molecule has 0 amide bonds. The molecule has 2 N–H and O–H groups in total. The van der Waals surface area contributed by atoms with E-state index in [-0.39, 0.29) is 6.10 Å². The predicted octanol–water partition coefficient (Wildman–Crippen LogP) is 1.47. The first-order valence-corrected chi connectivity index (χ1v) is 4.63. The summed E-state index contributed by atoms with van der Waals surface area (Å²) in [4.78, 5) is 0. The summed E-state index contributed by atoms with van der Waals surface area (Å²) in [5, 5.41) is 12.2. The van der Waals surface area contributed by atoms with Gasteiger partial charge in [-0.2, -0.15) is 0 Å². The van der Waals surface area contributed by atoms with Crippen LogP contribution in [0.5, 0.6) is 0 Å². The fourth-order valence-electron chi connectivity index (χ4n) is 1.22. The number of hydrogen-bond donors (Lipinski definition) is 2. The standard InChI is InChI=1S/C11H17NO/c1-9-5-3-4-6-11(9)8-12-7-10(2)13/h3-6,10,12-13H,7-8H2,1-2H3/t10-/m1/s1. The molecular formula is C11H17NO. The number of benzene rings is 1. The maximum atomic E-state index is 9.04. The molecule has 0 unspecified atom stereocenters. The molecule has 2 nitrogen and oxygen atoms in total. The molecule has 0 aliphatic heterocycles. The fourth-order valence-corrected chi connectivity index (χ4v) is 1.22. The van der Waals surface area contributed by atoms with E-state index in [1.807, 2.05) is 12.1 Å². The van der Waals surface area contributed by atoms with Crippen LogP contribution in [0.4, 0.5) is 0 Å². The van der Waals surface area contributed by atoms with Crippen molar-refractivity contribution in [1.82, 2.24) is 5.32 Å². The Morgan fingerprint density at radius 3 is 2.69 bits per heavy atom. The van der Waals surface area contributed by atoms with Crippen LogP contribution in [0.3, 0.4) is 0 Å². The number of rotatable bonds is 4. The van der Waals surface area contributed by atoms with Crippen molar-refractivity contribution < 1.29 is 5.11 Å².